The highest BCUT2D eigenvalue weighted by molar-refractivity contribution is 5.95. The predicted octanol–water partition coefficient (Wildman–Crippen LogP) is 2.76. The molecular formula is C21H19N3O5. The summed E-state index contributed by atoms with van der Waals surface area (Å²) < 4.78 is 15.8. The van der Waals surface area contributed by atoms with Crippen molar-refractivity contribution in [2.75, 3.05) is 18.2 Å². The molecule has 29 heavy (non-hydrogen) atoms. The van der Waals surface area contributed by atoms with Crippen molar-refractivity contribution in [1.29, 1.82) is 0 Å². The van der Waals surface area contributed by atoms with Crippen molar-refractivity contribution in [3.8, 4) is 11.5 Å². The molecule has 1 aromatic carbocycles. The fourth-order valence-corrected chi connectivity index (χ4v) is 2.96. The summed E-state index contributed by atoms with van der Waals surface area (Å²) in [4.78, 5) is 30.7. The Hall–Kier alpha value is -3.81. The van der Waals surface area contributed by atoms with Gasteiger partial charge in [0.1, 0.15) is 0 Å². The molecular weight excluding hydrogens is 374 g/mol. The van der Waals surface area contributed by atoms with Crippen LogP contribution in [0.15, 0.2) is 65.5 Å². The Balaban J connectivity index is 1.47. The lowest BCUT2D eigenvalue weighted by atomic mass is 10.2. The minimum absolute atomic E-state index is 0.126. The van der Waals surface area contributed by atoms with Gasteiger partial charge in [0.25, 0.3) is 5.91 Å². The number of hydrogen-bond donors (Lipinski definition) is 1. The highest BCUT2D eigenvalue weighted by Crippen LogP contribution is 2.36. The Morgan fingerprint density at radius 3 is 2.79 bits per heavy atom. The lowest BCUT2D eigenvalue weighted by Gasteiger charge is -2.23. The molecule has 4 rings (SSSR count). The molecule has 8 heteroatoms. The standard InChI is InChI=1S/C21H19N3O5/c25-20(7-9-23-21(26)18-4-2-10-27-18)24(13-15-3-1-8-22-12-15)16-5-6-17-19(11-16)29-14-28-17/h1-6,8,10-12H,7,9,13-14H2,(H,23,26). The van der Waals surface area contributed by atoms with Gasteiger partial charge in [-0.1, -0.05) is 6.07 Å². The second kappa shape index (κ2) is 8.47. The van der Waals surface area contributed by atoms with Gasteiger partial charge in [-0.25, -0.2) is 0 Å². The van der Waals surface area contributed by atoms with E-state index in [0.29, 0.717) is 23.7 Å². The molecule has 8 nitrogen and oxygen atoms in total. The number of pyridine rings is 1. The average Bonchev–Trinajstić information content (AvgIpc) is 3.44. The number of nitrogens with zero attached hydrogens (tertiary/aromatic N) is 2. The maximum atomic E-state index is 13.0. The van der Waals surface area contributed by atoms with Gasteiger partial charge in [-0.3, -0.25) is 14.6 Å². The van der Waals surface area contributed by atoms with Gasteiger partial charge in [0.15, 0.2) is 17.3 Å². The fraction of sp³-hybridized carbons (Fsp3) is 0.190. The van der Waals surface area contributed by atoms with Crippen LogP contribution in [0.25, 0.3) is 0 Å². The van der Waals surface area contributed by atoms with E-state index in [1.807, 2.05) is 18.2 Å². The molecule has 0 radical (unpaired) electrons. The summed E-state index contributed by atoms with van der Waals surface area (Å²) in [5.74, 6) is 0.948. The number of carbonyl (C=O) groups is 2. The van der Waals surface area contributed by atoms with Crippen LogP contribution in [-0.4, -0.2) is 30.1 Å². The summed E-state index contributed by atoms with van der Waals surface area (Å²) in [6.45, 7) is 0.694. The first-order valence-corrected chi connectivity index (χ1v) is 9.11. The van der Waals surface area contributed by atoms with Crippen molar-refractivity contribution in [3.63, 3.8) is 0 Å². The third kappa shape index (κ3) is 4.37. The Morgan fingerprint density at radius 1 is 1.10 bits per heavy atom. The second-order valence-corrected chi connectivity index (χ2v) is 6.36. The molecule has 1 N–H and O–H groups in total. The third-order valence-electron chi connectivity index (χ3n) is 4.40. The lowest BCUT2D eigenvalue weighted by molar-refractivity contribution is -0.118. The van der Waals surface area contributed by atoms with Gasteiger partial charge in [-0.15, -0.1) is 0 Å². The molecule has 0 aliphatic carbocycles. The maximum absolute atomic E-state index is 13.0. The molecule has 0 spiro atoms. The molecule has 148 valence electrons. The topological polar surface area (TPSA) is 93.9 Å². The Morgan fingerprint density at radius 2 is 2.00 bits per heavy atom. The number of nitrogens with one attached hydrogen (secondary N) is 1. The first kappa shape index (κ1) is 18.5. The summed E-state index contributed by atoms with van der Waals surface area (Å²) in [5.41, 5.74) is 1.57. The van der Waals surface area contributed by atoms with Crippen LogP contribution in [0.5, 0.6) is 11.5 Å². The average molecular weight is 393 g/mol. The van der Waals surface area contributed by atoms with Gasteiger partial charge in [-0.2, -0.15) is 0 Å². The predicted molar refractivity (Wildman–Crippen MR) is 104 cm³/mol. The summed E-state index contributed by atoms with van der Waals surface area (Å²) in [7, 11) is 0. The number of fused-ring (bicyclic) bond motifs is 1. The van der Waals surface area contributed by atoms with Crippen LogP contribution < -0.4 is 19.7 Å². The molecule has 3 heterocycles. The van der Waals surface area contributed by atoms with Crippen molar-refractivity contribution in [3.05, 3.63) is 72.4 Å². The molecule has 0 unspecified atom stereocenters. The van der Waals surface area contributed by atoms with Crippen LogP contribution >= 0.6 is 0 Å². The van der Waals surface area contributed by atoms with Crippen LogP contribution in [0.4, 0.5) is 5.69 Å². The van der Waals surface area contributed by atoms with Gasteiger partial charge < -0.3 is 24.1 Å². The highest BCUT2D eigenvalue weighted by Gasteiger charge is 2.21. The number of hydrogen-bond acceptors (Lipinski definition) is 6. The van der Waals surface area contributed by atoms with Crippen molar-refractivity contribution in [2.45, 2.75) is 13.0 Å². The molecule has 1 aliphatic heterocycles. The van der Waals surface area contributed by atoms with E-state index < -0.39 is 0 Å². The minimum atomic E-state index is -0.357. The molecule has 0 atom stereocenters. The van der Waals surface area contributed by atoms with E-state index in [2.05, 4.69) is 10.3 Å². The van der Waals surface area contributed by atoms with Crippen molar-refractivity contribution in [2.24, 2.45) is 0 Å². The van der Waals surface area contributed by atoms with E-state index >= 15 is 0 Å². The van der Waals surface area contributed by atoms with Crippen molar-refractivity contribution in [1.82, 2.24) is 10.3 Å². The monoisotopic (exact) mass is 393 g/mol. The van der Waals surface area contributed by atoms with E-state index in [1.54, 1.807) is 41.6 Å². The molecule has 3 aromatic rings. The summed E-state index contributed by atoms with van der Waals surface area (Å²) in [6, 6.07) is 12.3. The second-order valence-electron chi connectivity index (χ2n) is 6.36. The number of furan rings is 1. The molecule has 0 saturated heterocycles. The van der Waals surface area contributed by atoms with Gasteiger partial charge in [0.05, 0.1) is 12.8 Å². The van der Waals surface area contributed by atoms with Gasteiger partial charge in [0, 0.05) is 37.1 Å². The van der Waals surface area contributed by atoms with E-state index in [1.165, 1.54) is 6.26 Å². The number of amides is 2. The summed E-state index contributed by atoms with van der Waals surface area (Å²) in [6.07, 6.45) is 4.95. The van der Waals surface area contributed by atoms with Crippen LogP contribution in [0.1, 0.15) is 22.5 Å². The number of aromatic nitrogens is 1. The highest BCUT2D eigenvalue weighted by atomic mass is 16.7. The van der Waals surface area contributed by atoms with E-state index in [0.717, 1.165) is 5.56 Å². The number of ether oxygens (including phenoxy) is 2. The fourth-order valence-electron chi connectivity index (χ4n) is 2.96. The molecule has 0 bridgehead atoms. The van der Waals surface area contributed by atoms with Gasteiger partial charge >= 0.3 is 0 Å². The largest absolute Gasteiger partial charge is 0.459 e. The number of anilines is 1. The Bertz CT molecular complexity index is 989. The molecule has 1 aliphatic rings. The van der Waals surface area contributed by atoms with E-state index in [-0.39, 0.29) is 37.3 Å². The lowest BCUT2D eigenvalue weighted by Crippen LogP contribution is -2.34. The molecule has 2 aromatic heterocycles. The summed E-state index contributed by atoms with van der Waals surface area (Å²) in [5, 5.41) is 2.69. The van der Waals surface area contributed by atoms with Crippen molar-refractivity contribution >= 4 is 17.5 Å². The first-order valence-electron chi connectivity index (χ1n) is 9.11. The number of rotatable bonds is 7. The zero-order valence-corrected chi connectivity index (χ0v) is 15.5. The third-order valence-corrected chi connectivity index (χ3v) is 4.40. The molecule has 2 amide bonds. The molecule has 0 saturated carbocycles. The van der Waals surface area contributed by atoms with Crippen LogP contribution in [0.3, 0.4) is 0 Å². The van der Waals surface area contributed by atoms with E-state index in [4.69, 9.17) is 13.9 Å². The zero-order valence-electron chi connectivity index (χ0n) is 15.5. The van der Waals surface area contributed by atoms with Crippen LogP contribution in [0.2, 0.25) is 0 Å². The zero-order chi connectivity index (χ0) is 20.1. The van der Waals surface area contributed by atoms with E-state index in [9.17, 15) is 9.59 Å². The Kier molecular flexibility index (Phi) is 5.42. The van der Waals surface area contributed by atoms with Gasteiger partial charge in [-0.05, 0) is 35.9 Å². The molecule has 0 fully saturated rings. The first-order chi connectivity index (χ1) is 14.2. The minimum Gasteiger partial charge on any atom is -0.459 e. The SMILES string of the molecule is O=C(NCCC(=O)N(Cc1cccnc1)c1ccc2c(c1)OCO2)c1ccco1. The normalized spacial score (nSPS) is 11.9. The van der Waals surface area contributed by atoms with Crippen LogP contribution in [-0.2, 0) is 11.3 Å². The number of carbonyl (C=O) groups excluding carboxylic acids is 2. The van der Waals surface area contributed by atoms with Crippen molar-refractivity contribution < 1.29 is 23.5 Å². The maximum Gasteiger partial charge on any atom is 0.286 e. The number of benzene rings is 1. The quantitative estimate of drug-likeness (QED) is 0.663. The van der Waals surface area contributed by atoms with Gasteiger partial charge in [0.2, 0.25) is 12.7 Å². The Labute approximate surface area is 167 Å². The summed E-state index contributed by atoms with van der Waals surface area (Å²) >= 11 is 0. The van der Waals surface area contributed by atoms with Crippen LogP contribution in [0, 0.1) is 0 Å². The smallest absolute Gasteiger partial charge is 0.286 e.